The van der Waals surface area contributed by atoms with Gasteiger partial charge >= 0.3 is 5.97 Å². The quantitative estimate of drug-likeness (QED) is 0.605. The summed E-state index contributed by atoms with van der Waals surface area (Å²) in [6, 6.07) is 2.41. The van der Waals surface area contributed by atoms with Crippen LogP contribution in [0.3, 0.4) is 0 Å². The summed E-state index contributed by atoms with van der Waals surface area (Å²) in [5, 5.41) is 17.9. The van der Waals surface area contributed by atoms with Crippen LogP contribution in [0.15, 0.2) is 11.1 Å². The highest BCUT2D eigenvalue weighted by molar-refractivity contribution is 5.92. The van der Waals surface area contributed by atoms with Crippen molar-refractivity contribution in [3.63, 3.8) is 0 Å². The lowest BCUT2D eigenvalue weighted by atomic mass is 9.90. The van der Waals surface area contributed by atoms with Gasteiger partial charge in [-0.05, 0) is 30.8 Å². The van der Waals surface area contributed by atoms with Gasteiger partial charge in [-0.1, -0.05) is 6.92 Å². The van der Waals surface area contributed by atoms with Crippen molar-refractivity contribution in [3.8, 4) is 6.07 Å². The second kappa shape index (κ2) is 5.52. The predicted octanol–water partition coefficient (Wildman–Crippen LogP) is 1.82. The topological polar surface area (TPSA) is 64.3 Å². The Hall–Kier alpha value is -1.05. The van der Waals surface area contributed by atoms with Crippen LogP contribution < -0.4 is 0 Å². The first-order valence-electron chi connectivity index (χ1n) is 5.77. The highest BCUT2D eigenvalue weighted by atomic mass is 35.5. The molecule has 0 saturated carbocycles. The largest absolute Gasteiger partial charge is 0.477 e. The van der Waals surface area contributed by atoms with E-state index in [1.807, 2.05) is 6.07 Å². The Balaban J connectivity index is 0.00000144. The molecule has 94 valence electrons. The maximum Gasteiger partial charge on any atom is 0.346 e. The fourth-order valence-corrected chi connectivity index (χ4v) is 2.93. The standard InChI is InChI=1S/C12H16N2O2.ClH/c1-2-9-4-3-8-6-14(9)7-11(8)10(5-13)12(15)16;/h8-9H,2-4,6-7H2,1H3,(H,15,16);1H/t8-,9?;/m1./s1. The Labute approximate surface area is 107 Å². The summed E-state index contributed by atoms with van der Waals surface area (Å²) >= 11 is 0. The summed E-state index contributed by atoms with van der Waals surface area (Å²) < 4.78 is 0. The van der Waals surface area contributed by atoms with Gasteiger partial charge in [-0.15, -0.1) is 12.4 Å². The van der Waals surface area contributed by atoms with Gasteiger partial charge in [0.05, 0.1) is 0 Å². The molecule has 2 aliphatic rings. The molecule has 2 heterocycles. The average Bonchev–Trinajstić information content (AvgIpc) is 2.58. The van der Waals surface area contributed by atoms with Gasteiger partial charge in [0.15, 0.2) is 0 Å². The fourth-order valence-electron chi connectivity index (χ4n) is 2.93. The Morgan fingerprint density at radius 3 is 2.82 bits per heavy atom. The molecule has 17 heavy (non-hydrogen) atoms. The number of piperidine rings is 1. The van der Waals surface area contributed by atoms with Crippen molar-refractivity contribution in [1.29, 1.82) is 5.26 Å². The zero-order valence-corrected chi connectivity index (χ0v) is 10.7. The number of carboxylic acids is 1. The number of rotatable bonds is 2. The zero-order chi connectivity index (χ0) is 11.7. The zero-order valence-electron chi connectivity index (χ0n) is 9.85. The number of nitriles is 1. The third-order valence-corrected chi connectivity index (χ3v) is 3.80. The first-order chi connectivity index (χ1) is 7.67. The molecular formula is C12H17ClN2O2. The molecule has 5 heteroatoms. The molecule has 4 nitrogen and oxygen atoms in total. The van der Waals surface area contributed by atoms with Crippen LogP contribution in [-0.2, 0) is 4.79 Å². The highest BCUT2D eigenvalue weighted by Crippen LogP contribution is 2.37. The van der Waals surface area contributed by atoms with Crippen LogP contribution in [0.2, 0.25) is 0 Å². The van der Waals surface area contributed by atoms with Crippen LogP contribution in [0.1, 0.15) is 26.2 Å². The van der Waals surface area contributed by atoms with E-state index in [1.165, 1.54) is 0 Å². The van der Waals surface area contributed by atoms with Gasteiger partial charge in [0.1, 0.15) is 11.6 Å². The minimum atomic E-state index is -1.07. The minimum Gasteiger partial charge on any atom is -0.477 e. The summed E-state index contributed by atoms with van der Waals surface area (Å²) in [4.78, 5) is 13.3. The Bertz CT molecular complexity index is 386. The maximum absolute atomic E-state index is 11.0. The molecule has 2 fully saturated rings. The van der Waals surface area contributed by atoms with E-state index in [-0.39, 0.29) is 18.0 Å². The van der Waals surface area contributed by atoms with Crippen molar-refractivity contribution in [3.05, 3.63) is 11.1 Å². The first kappa shape index (κ1) is 14.0. The maximum atomic E-state index is 11.0. The number of carboxylic acid groups (broad SMARTS) is 1. The van der Waals surface area contributed by atoms with E-state index in [4.69, 9.17) is 10.4 Å². The summed E-state index contributed by atoms with van der Waals surface area (Å²) in [5.41, 5.74) is 0.829. The molecule has 2 aliphatic heterocycles. The lowest BCUT2D eigenvalue weighted by Gasteiger charge is -2.30. The number of carbonyl (C=O) groups is 1. The smallest absolute Gasteiger partial charge is 0.346 e. The third kappa shape index (κ3) is 2.46. The third-order valence-electron chi connectivity index (χ3n) is 3.80. The van der Waals surface area contributed by atoms with Crippen molar-refractivity contribution < 1.29 is 9.90 Å². The van der Waals surface area contributed by atoms with Gasteiger partial charge in [0.2, 0.25) is 0 Å². The molecule has 3 atom stereocenters. The van der Waals surface area contributed by atoms with Gasteiger partial charge in [-0.2, -0.15) is 5.26 Å². The molecule has 2 rings (SSSR count). The van der Waals surface area contributed by atoms with Gasteiger partial charge < -0.3 is 5.11 Å². The molecule has 0 spiro atoms. The van der Waals surface area contributed by atoms with E-state index in [0.717, 1.165) is 31.4 Å². The molecule has 2 bridgehead atoms. The number of hydrogen-bond donors (Lipinski definition) is 1. The first-order valence-corrected chi connectivity index (χ1v) is 5.77. The molecule has 0 aromatic carbocycles. The number of nitrogens with zero attached hydrogens (tertiary/aromatic N) is 2. The highest BCUT2D eigenvalue weighted by Gasteiger charge is 2.38. The van der Waals surface area contributed by atoms with Crippen molar-refractivity contribution >= 4 is 18.4 Å². The SMILES string of the molecule is CCC1CC[C@@H]2CN1CC2=C(C#N)C(=O)O.Cl. The summed E-state index contributed by atoms with van der Waals surface area (Å²) in [7, 11) is 0. The van der Waals surface area contributed by atoms with Crippen LogP contribution in [-0.4, -0.2) is 35.1 Å². The van der Waals surface area contributed by atoms with Gasteiger partial charge in [-0.3, -0.25) is 4.90 Å². The number of halogens is 1. The Morgan fingerprint density at radius 2 is 2.29 bits per heavy atom. The predicted molar refractivity (Wildman–Crippen MR) is 65.9 cm³/mol. The molecule has 2 unspecified atom stereocenters. The molecule has 0 amide bonds. The van der Waals surface area contributed by atoms with Crippen LogP contribution in [0.4, 0.5) is 0 Å². The molecule has 1 N–H and O–H groups in total. The van der Waals surface area contributed by atoms with Crippen LogP contribution in [0, 0.1) is 17.2 Å². The van der Waals surface area contributed by atoms with Gasteiger partial charge in [0.25, 0.3) is 0 Å². The van der Waals surface area contributed by atoms with E-state index in [9.17, 15) is 4.79 Å². The van der Waals surface area contributed by atoms with Crippen LogP contribution in [0.25, 0.3) is 0 Å². The molecule has 0 radical (unpaired) electrons. The van der Waals surface area contributed by atoms with Crippen molar-refractivity contribution in [2.45, 2.75) is 32.2 Å². The number of aliphatic carboxylic acids is 1. The number of fused-ring (bicyclic) bond motifs is 2. The van der Waals surface area contributed by atoms with Crippen molar-refractivity contribution in [2.24, 2.45) is 5.92 Å². The monoisotopic (exact) mass is 256 g/mol. The average molecular weight is 257 g/mol. The Morgan fingerprint density at radius 1 is 1.59 bits per heavy atom. The molecule has 0 aliphatic carbocycles. The van der Waals surface area contributed by atoms with Crippen molar-refractivity contribution in [2.75, 3.05) is 13.1 Å². The molecule has 0 aromatic rings. The number of hydrogen-bond acceptors (Lipinski definition) is 3. The van der Waals surface area contributed by atoms with E-state index in [0.29, 0.717) is 18.5 Å². The minimum absolute atomic E-state index is 0. The van der Waals surface area contributed by atoms with Crippen LogP contribution >= 0.6 is 12.4 Å². The second-order valence-electron chi connectivity index (χ2n) is 4.58. The van der Waals surface area contributed by atoms with Crippen LogP contribution in [0.5, 0.6) is 0 Å². The molecule has 0 aromatic heterocycles. The fraction of sp³-hybridized carbons (Fsp3) is 0.667. The lowest BCUT2D eigenvalue weighted by molar-refractivity contribution is -0.132. The van der Waals surface area contributed by atoms with Gasteiger partial charge in [0, 0.05) is 19.1 Å². The Kier molecular flexibility index (Phi) is 4.55. The molecular weight excluding hydrogens is 240 g/mol. The summed E-state index contributed by atoms with van der Waals surface area (Å²) in [6.45, 7) is 3.78. The van der Waals surface area contributed by atoms with Gasteiger partial charge in [-0.25, -0.2) is 4.79 Å². The molecule has 2 saturated heterocycles. The summed E-state index contributed by atoms with van der Waals surface area (Å²) in [6.07, 6.45) is 3.26. The van der Waals surface area contributed by atoms with E-state index < -0.39 is 5.97 Å². The van der Waals surface area contributed by atoms with E-state index >= 15 is 0 Å². The van der Waals surface area contributed by atoms with E-state index in [2.05, 4.69) is 11.8 Å². The normalized spacial score (nSPS) is 33.5. The second-order valence-corrected chi connectivity index (χ2v) is 4.58. The van der Waals surface area contributed by atoms with E-state index in [1.54, 1.807) is 0 Å². The lowest BCUT2D eigenvalue weighted by Crippen LogP contribution is -2.36. The summed E-state index contributed by atoms with van der Waals surface area (Å²) in [5.74, 6) is -0.771. The van der Waals surface area contributed by atoms with Crippen molar-refractivity contribution in [1.82, 2.24) is 4.90 Å².